The maximum absolute atomic E-state index is 11.6. The second-order valence-corrected chi connectivity index (χ2v) is 4.20. The van der Waals surface area contributed by atoms with Crippen LogP contribution in [0.25, 0.3) is 0 Å². The minimum atomic E-state index is -0.239. The summed E-state index contributed by atoms with van der Waals surface area (Å²) < 4.78 is 0. The van der Waals surface area contributed by atoms with Crippen LogP contribution in [-0.4, -0.2) is 23.3 Å². The minimum Gasteiger partial charge on any atom is -0.275 e. The van der Waals surface area contributed by atoms with Crippen LogP contribution in [0.15, 0.2) is 11.6 Å². The first-order chi connectivity index (χ1) is 5.88. The predicted octanol–water partition coefficient (Wildman–Crippen LogP) is 1.35. The van der Waals surface area contributed by atoms with Gasteiger partial charge in [0, 0.05) is 18.2 Å². The molecule has 0 aliphatic carbocycles. The third kappa shape index (κ3) is 1.64. The molecule has 0 atom stereocenters. The molecule has 0 radical (unpaired) electrons. The Hall–Kier alpha value is -1.12. The van der Waals surface area contributed by atoms with E-state index in [0.717, 1.165) is 0 Å². The van der Waals surface area contributed by atoms with Crippen molar-refractivity contribution < 1.29 is 9.59 Å². The van der Waals surface area contributed by atoms with Crippen LogP contribution >= 0.6 is 0 Å². The van der Waals surface area contributed by atoms with E-state index < -0.39 is 0 Å². The molecule has 0 N–H and O–H groups in total. The summed E-state index contributed by atoms with van der Waals surface area (Å²) in [5, 5.41) is 0. The summed E-state index contributed by atoms with van der Waals surface area (Å²) in [6.45, 7) is 8.05. The lowest BCUT2D eigenvalue weighted by Gasteiger charge is -2.20. The molecule has 2 amide bonds. The Morgan fingerprint density at radius 2 is 1.85 bits per heavy atom. The molecule has 1 heterocycles. The molecule has 0 aromatic rings. The molecule has 0 unspecified atom stereocenters. The van der Waals surface area contributed by atoms with E-state index >= 15 is 0 Å². The molecular formula is C10H15NO2. The van der Waals surface area contributed by atoms with E-state index in [4.69, 9.17) is 0 Å². The van der Waals surface area contributed by atoms with Crippen LogP contribution in [0, 0.1) is 5.41 Å². The second-order valence-electron chi connectivity index (χ2n) is 4.20. The number of carbonyl (C=O) groups excluding carboxylic acids is 2. The monoisotopic (exact) mass is 181 g/mol. The SMILES string of the molecule is CCN1C(=O)C=C(C(C)(C)C)C1=O. The molecular weight excluding hydrogens is 166 g/mol. The maximum atomic E-state index is 11.6. The number of imide groups is 1. The molecule has 0 saturated heterocycles. The van der Waals surface area contributed by atoms with E-state index in [9.17, 15) is 9.59 Å². The van der Waals surface area contributed by atoms with Gasteiger partial charge in [-0.3, -0.25) is 14.5 Å². The third-order valence-corrected chi connectivity index (χ3v) is 2.13. The summed E-state index contributed by atoms with van der Waals surface area (Å²) in [6, 6.07) is 0. The van der Waals surface area contributed by atoms with E-state index in [1.807, 2.05) is 20.8 Å². The average Bonchev–Trinajstić information content (AvgIpc) is 2.25. The molecule has 1 rings (SSSR count). The van der Waals surface area contributed by atoms with Crippen molar-refractivity contribution in [3.63, 3.8) is 0 Å². The fourth-order valence-electron chi connectivity index (χ4n) is 1.35. The Morgan fingerprint density at radius 1 is 1.31 bits per heavy atom. The van der Waals surface area contributed by atoms with Crippen molar-refractivity contribution in [3.8, 4) is 0 Å². The largest absolute Gasteiger partial charge is 0.275 e. The highest BCUT2D eigenvalue weighted by Crippen LogP contribution is 2.30. The van der Waals surface area contributed by atoms with Crippen LogP contribution in [0.1, 0.15) is 27.7 Å². The summed E-state index contributed by atoms with van der Waals surface area (Å²) in [5.74, 6) is -0.322. The first-order valence-electron chi connectivity index (χ1n) is 4.46. The van der Waals surface area contributed by atoms with Crippen molar-refractivity contribution in [1.82, 2.24) is 4.90 Å². The van der Waals surface area contributed by atoms with E-state index in [1.54, 1.807) is 6.92 Å². The standard InChI is InChI=1S/C10H15NO2/c1-5-11-8(12)6-7(9(11)13)10(2,3)4/h6H,5H2,1-4H3. The maximum Gasteiger partial charge on any atom is 0.257 e. The Morgan fingerprint density at radius 3 is 2.08 bits per heavy atom. The van der Waals surface area contributed by atoms with E-state index in [2.05, 4.69) is 0 Å². The highest BCUT2D eigenvalue weighted by atomic mass is 16.2. The number of hydrogen-bond acceptors (Lipinski definition) is 2. The zero-order valence-corrected chi connectivity index (χ0v) is 8.55. The van der Waals surface area contributed by atoms with Crippen LogP contribution in [0.5, 0.6) is 0 Å². The lowest BCUT2D eigenvalue weighted by atomic mass is 9.86. The van der Waals surface area contributed by atoms with Crippen LogP contribution in [-0.2, 0) is 9.59 Å². The number of amides is 2. The van der Waals surface area contributed by atoms with Crippen LogP contribution < -0.4 is 0 Å². The summed E-state index contributed by atoms with van der Waals surface area (Å²) in [6.07, 6.45) is 1.45. The summed E-state index contributed by atoms with van der Waals surface area (Å²) in [4.78, 5) is 24.2. The molecule has 13 heavy (non-hydrogen) atoms. The molecule has 1 aliphatic heterocycles. The van der Waals surface area contributed by atoms with Gasteiger partial charge in [-0.05, 0) is 12.3 Å². The lowest BCUT2D eigenvalue weighted by molar-refractivity contribution is -0.137. The zero-order chi connectivity index (χ0) is 10.2. The van der Waals surface area contributed by atoms with Crippen molar-refractivity contribution >= 4 is 11.8 Å². The highest BCUT2D eigenvalue weighted by Gasteiger charge is 2.35. The van der Waals surface area contributed by atoms with Gasteiger partial charge >= 0.3 is 0 Å². The Labute approximate surface area is 78.4 Å². The minimum absolute atomic E-state index is 0.139. The molecule has 0 spiro atoms. The average molecular weight is 181 g/mol. The Kier molecular flexibility index (Phi) is 2.28. The van der Waals surface area contributed by atoms with E-state index in [0.29, 0.717) is 12.1 Å². The number of rotatable bonds is 1. The van der Waals surface area contributed by atoms with Gasteiger partial charge in [0.25, 0.3) is 11.8 Å². The number of hydrogen-bond donors (Lipinski definition) is 0. The van der Waals surface area contributed by atoms with Gasteiger partial charge in [-0.2, -0.15) is 0 Å². The molecule has 72 valence electrons. The molecule has 3 nitrogen and oxygen atoms in total. The van der Waals surface area contributed by atoms with Gasteiger partial charge in [0.2, 0.25) is 0 Å². The van der Waals surface area contributed by atoms with Crippen molar-refractivity contribution in [2.24, 2.45) is 5.41 Å². The van der Waals surface area contributed by atoms with Crippen molar-refractivity contribution in [3.05, 3.63) is 11.6 Å². The quantitative estimate of drug-likeness (QED) is 0.572. The molecule has 1 aliphatic rings. The van der Waals surface area contributed by atoms with Crippen LogP contribution in [0.2, 0.25) is 0 Å². The van der Waals surface area contributed by atoms with Gasteiger partial charge < -0.3 is 0 Å². The fraction of sp³-hybridized carbons (Fsp3) is 0.600. The summed E-state index contributed by atoms with van der Waals surface area (Å²) >= 11 is 0. The van der Waals surface area contributed by atoms with E-state index in [1.165, 1.54) is 11.0 Å². The number of carbonyl (C=O) groups is 2. The van der Waals surface area contributed by atoms with Gasteiger partial charge in [-0.15, -0.1) is 0 Å². The van der Waals surface area contributed by atoms with Crippen LogP contribution in [0.3, 0.4) is 0 Å². The first kappa shape index (κ1) is 9.96. The van der Waals surface area contributed by atoms with Gasteiger partial charge in [-0.25, -0.2) is 0 Å². The molecule has 0 bridgehead atoms. The lowest BCUT2D eigenvalue weighted by Crippen LogP contribution is -2.32. The molecule has 0 aromatic heterocycles. The Balaban J connectivity index is 2.99. The molecule has 0 saturated carbocycles. The van der Waals surface area contributed by atoms with Crippen LogP contribution in [0.4, 0.5) is 0 Å². The highest BCUT2D eigenvalue weighted by molar-refractivity contribution is 6.16. The fourth-order valence-corrected chi connectivity index (χ4v) is 1.35. The summed E-state index contributed by atoms with van der Waals surface area (Å²) in [7, 11) is 0. The summed E-state index contributed by atoms with van der Waals surface area (Å²) in [5.41, 5.74) is 0.371. The van der Waals surface area contributed by atoms with Gasteiger partial charge in [-0.1, -0.05) is 20.8 Å². The van der Waals surface area contributed by atoms with Gasteiger partial charge in [0.1, 0.15) is 0 Å². The smallest absolute Gasteiger partial charge is 0.257 e. The molecule has 0 fully saturated rings. The van der Waals surface area contributed by atoms with Crippen molar-refractivity contribution in [1.29, 1.82) is 0 Å². The Bertz CT molecular complexity index is 284. The van der Waals surface area contributed by atoms with Crippen molar-refractivity contribution in [2.45, 2.75) is 27.7 Å². The third-order valence-electron chi connectivity index (χ3n) is 2.13. The number of likely N-dealkylation sites (N-methyl/N-ethyl adjacent to an activating group) is 1. The zero-order valence-electron chi connectivity index (χ0n) is 8.55. The van der Waals surface area contributed by atoms with E-state index in [-0.39, 0.29) is 17.2 Å². The molecule has 0 aromatic carbocycles. The predicted molar refractivity (Wildman–Crippen MR) is 49.9 cm³/mol. The van der Waals surface area contributed by atoms with Crippen molar-refractivity contribution in [2.75, 3.05) is 6.54 Å². The molecule has 3 heteroatoms. The topological polar surface area (TPSA) is 37.4 Å². The second kappa shape index (κ2) is 2.98. The first-order valence-corrected chi connectivity index (χ1v) is 4.46. The normalized spacial score (nSPS) is 18.2. The van der Waals surface area contributed by atoms with Gasteiger partial charge in [0.15, 0.2) is 0 Å². The number of nitrogens with zero attached hydrogens (tertiary/aromatic N) is 1. The van der Waals surface area contributed by atoms with Gasteiger partial charge in [0.05, 0.1) is 0 Å².